The smallest absolute Gasteiger partial charge is 0.296 e. The molecule has 0 aliphatic carbocycles. The van der Waals surface area contributed by atoms with E-state index in [0.717, 1.165) is 18.8 Å². The fraction of sp³-hybridized carbons (Fsp3) is 0.250. The van der Waals surface area contributed by atoms with Gasteiger partial charge in [-0.1, -0.05) is 0 Å². The van der Waals surface area contributed by atoms with Crippen molar-refractivity contribution < 1.29 is 9.85 Å². The van der Waals surface area contributed by atoms with E-state index in [9.17, 15) is 20.2 Å². The Morgan fingerprint density at radius 1 is 0.960 bits per heavy atom. The van der Waals surface area contributed by atoms with Crippen molar-refractivity contribution in [2.24, 2.45) is 9.98 Å². The highest BCUT2D eigenvalue weighted by Crippen LogP contribution is 2.31. The highest BCUT2D eigenvalue weighted by molar-refractivity contribution is 5.55. The zero-order valence-corrected chi connectivity index (χ0v) is 13.2. The molecule has 0 aromatic heterocycles. The Morgan fingerprint density at radius 2 is 1.60 bits per heavy atom. The maximum atomic E-state index is 11.3. The fourth-order valence-electron chi connectivity index (χ4n) is 2.96. The number of rotatable bonds is 4. The van der Waals surface area contributed by atoms with E-state index in [4.69, 9.17) is 0 Å². The fourth-order valence-corrected chi connectivity index (χ4v) is 2.96. The van der Waals surface area contributed by atoms with Crippen molar-refractivity contribution >= 4 is 17.1 Å². The molecule has 2 heterocycles. The summed E-state index contributed by atoms with van der Waals surface area (Å²) in [5.74, 6) is 0. The van der Waals surface area contributed by atoms with Gasteiger partial charge in [-0.25, -0.2) is 9.98 Å². The average Bonchev–Trinajstić information content (AvgIpc) is 3.35. The van der Waals surface area contributed by atoms with Gasteiger partial charge in [-0.05, 0) is 25.1 Å². The van der Waals surface area contributed by atoms with Crippen molar-refractivity contribution in [2.75, 3.05) is 18.0 Å². The summed E-state index contributed by atoms with van der Waals surface area (Å²) in [6.45, 7) is 3.51. The van der Waals surface area contributed by atoms with E-state index in [1.165, 1.54) is 18.2 Å². The first-order valence-corrected chi connectivity index (χ1v) is 7.66. The van der Waals surface area contributed by atoms with Crippen molar-refractivity contribution in [3.8, 4) is 0 Å². The highest BCUT2D eigenvalue weighted by atomic mass is 16.6. The van der Waals surface area contributed by atoms with Crippen LogP contribution < -0.4 is 15.6 Å². The molecule has 0 N–H and O–H groups in total. The second kappa shape index (κ2) is 5.07. The Hall–Kier alpha value is -3.36. The van der Waals surface area contributed by atoms with Crippen molar-refractivity contribution in [3.05, 3.63) is 72.9 Å². The van der Waals surface area contributed by atoms with Crippen LogP contribution in [0.4, 0.5) is 17.1 Å². The van der Waals surface area contributed by atoms with E-state index in [1.807, 2.05) is 0 Å². The van der Waals surface area contributed by atoms with Gasteiger partial charge in [-0.3, -0.25) is 20.2 Å². The number of nitrogens with zero attached hydrogens (tertiary/aromatic N) is 5. The van der Waals surface area contributed by atoms with Gasteiger partial charge in [-0.2, -0.15) is 0 Å². The molecular formula is C16H13N5O4. The standard InChI is InChI=1S/C16H13N5O4/c1-16(10-2-4-11(5-3-10)20(22)23)17-14-12(19-8-9-19)6-7-13(21(24)25)15(14)18-16/h2-7H,8-9H2,1H3. The summed E-state index contributed by atoms with van der Waals surface area (Å²) in [5, 5.41) is 22.9. The van der Waals surface area contributed by atoms with Crippen LogP contribution in [0.1, 0.15) is 12.5 Å². The Morgan fingerprint density at radius 3 is 2.16 bits per heavy atom. The second-order valence-corrected chi connectivity index (χ2v) is 6.09. The summed E-state index contributed by atoms with van der Waals surface area (Å²) in [5.41, 5.74) is 0.304. The molecule has 1 unspecified atom stereocenters. The van der Waals surface area contributed by atoms with E-state index < -0.39 is 15.5 Å². The molecular weight excluding hydrogens is 326 g/mol. The minimum Gasteiger partial charge on any atom is -0.366 e. The summed E-state index contributed by atoms with van der Waals surface area (Å²) in [4.78, 5) is 32.4. The molecule has 25 heavy (non-hydrogen) atoms. The summed E-state index contributed by atoms with van der Waals surface area (Å²) < 4.78 is 0. The lowest BCUT2D eigenvalue weighted by Gasteiger charge is -2.17. The Balaban J connectivity index is 1.90. The molecule has 2 aliphatic heterocycles. The lowest BCUT2D eigenvalue weighted by Crippen LogP contribution is -2.28. The van der Waals surface area contributed by atoms with Crippen LogP contribution >= 0.6 is 0 Å². The molecule has 126 valence electrons. The van der Waals surface area contributed by atoms with Gasteiger partial charge in [0.15, 0.2) is 11.0 Å². The first-order chi connectivity index (χ1) is 11.9. The molecule has 4 rings (SSSR count). The zero-order valence-electron chi connectivity index (χ0n) is 13.2. The van der Waals surface area contributed by atoms with Crippen molar-refractivity contribution in [3.63, 3.8) is 0 Å². The quantitative estimate of drug-likeness (QED) is 0.475. The minimum atomic E-state index is -1.05. The number of fused-ring (bicyclic) bond motifs is 1. The number of benzene rings is 2. The zero-order chi connectivity index (χ0) is 17.8. The van der Waals surface area contributed by atoms with Gasteiger partial charge in [-0.15, -0.1) is 0 Å². The lowest BCUT2D eigenvalue weighted by molar-refractivity contribution is -0.386. The molecule has 0 spiro atoms. The van der Waals surface area contributed by atoms with Gasteiger partial charge >= 0.3 is 0 Å². The summed E-state index contributed by atoms with van der Waals surface area (Å²) in [6.07, 6.45) is 0. The van der Waals surface area contributed by atoms with Gasteiger partial charge in [0.1, 0.15) is 5.36 Å². The maximum absolute atomic E-state index is 11.3. The van der Waals surface area contributed by atoms with Gasteiger partial charge in [0.25, 0.3) is 11.4 Å². The first-order valence-electron chi connectivity index (χ1n) is 7.66. The SMILES string of the molecule is CC1(c2ccc([N+](=O)[O-])cc2)N=c2c(N3CC3)ccc([N+](=O)[O-])c2=N1. The Bertz CT molecular complexity index is 1030. The van der Waals surface area contributed by atoms with Gasteiger partial charge in [0, 0.05) is 36.9 Å². The van der Waals surface area contributed by atoms with Crippen LogP contribution in [0.3, 0.4) is 0 Å². The monoisotopic (exact) mass is 339 g/mol. The predicted octanol–water partition coefficient (Wildman–Crippen LogP) is 1.45. The molecule has 1 saturated heterocycles. The normalized spacial score (nSPS) is 20.4. The number of non-ortho nitro benzene ring substituents is 2. The molecule has 9 nitrogen and oxygen atoms in total. The van der Waals surface area contributed by atoms with Gasteiger partial charge in [0.2, 0.25) is 0 Å². The predicted molar refractivity (Wildman–Crippen MR) is 88.1 cm³/mol. The molecule has 0 saturated carbocycles. The molecule has 0 amide bonds. The van der Waals surface area contributed by atoms with Gasteiger partial charge in [0.05, 0.1) is 15.5 Å². The molecule has 1 fully saturated rings. The summed E-state index contributed by atoms with van der Waals surface area (Å²) in [6, 6.07) is 9.08. The van der Waals surface area contributed by atoms with E-state index in [2.05, 4.69) is 14.9 Å². The molecule has 0 bridgehead atoms. The third kappa shape index (κ3) is 2.40. The summed E-state index contributed by atoms with van der Waals surface area (Å²) in [7, 11) is 0. The van der Waals surface area contributed by atoms with Crippen molar-refractivity contribution in [2.45, 2.75) is 12.6 Å². The van der Waals surface area contributed by atoms with Crippen molar-refractivity contribution in [1.29, 1.82) is 0 Å². The van der Waals surface area contributed by atoms with Crippen LogP contribution in [0.5, 0.6) is 0 Å². The topological polar surface area (TPSA) is 114 Å². The average molecular weight is 339 g/mol. The number of nitro benzene ring substituents is 2. The molecule has 0 radical (unpaired) electrons. The van der Waals surface area contributed by atoms with E-state index in [0.29, 0.717) is 10.9 Å². The largest absolute Gasteiger partial charge is 0.366 e. The molecule has 2 aromatic rings. The first kappa shape index (κ1) is 15.2. The molecule has 2 aromatic carbocycles. The highest BCUT2D eigenvalue weighted by Gasteiger charge is 2.34. The summed E-state index contributed by atoms with van der Waals surface area (Å²) >= 11 is 0. The number of hydrogen-bond acceptors (Lipinski definition) is 7. The van der Waals surface area contributed by atoms with Crippen LogP contribution in [0.2, 0.25) is 0 Å². The van der Waals surface area contributed by atoms with Crippen molar-refractivity contribution in [1.82, 2.24) is 0 Å². The van der Waals surface area contributed by atoms with E-state index >= 15 is 0 Å². The minimum absolute atomic E-state index is 0.0291. The van der Waals surface area contributed by atoms with Gasteiger partial charge < -0.3 is 4.90 Å². The van der Waals surface area contributed by atoms with Crippen LogP contribution in [0, 0.1) is 20.2 Å². The number of anilines is 1. The molecule has 2 aliphatic rings. The van der Waals surface area contributed by atoms with E-state index in [-0.39, 0.29) is 16.7 Å². The van der Waals surface area contributed by atoms with Crippen LogP contribution in [-0.2, 0) is 5.66 Å². The maximum Gasteiger partial charge on any atom is 0.296 e. The van der Waals surface area contributed by atoms with Crippen LogP contribution in [-0.4, -0.2) is 22.9 Å². The Kier molecular flexibility index (Phi) is 3.08. The van der Waals surface area contributed by atoms with Crippen LogP contribution in [0.25, 0.3) is 0 Å². The number of nitro groups is 2. The lowest BCUT2D eigenvalue weighted by atomic mass is 10.0. The van der Waals surface area contributed by atoms with Crippen LogP contribution in [0.15, 0.2) is 46.4 Å². The molecule has 1 atom stereocenters. The van der Waals surface area contributed by atoms with E-state index in [1.54, 1.807) is 25.1 Å². The number of hydrogen-bond donors (Lipinski definition) is 0. The second-order valence-electron chi connectivity index (χ2n) is 6.09. The molecule has 9 heteroatoms. The third-order valence-electron chi connectivity index (χ3n) is 4.38. The third-order valence-corrected chi connectivity index (χ3v) is 4.38. The Labute approximate surface area is 141 Å².